The number of unbranched alkanes of at least 4 members (excludes halogenated alkanes) is 1. The van der Waals surface area contributed by atoms with Crippen LogP contribution in [0.2, 0.25) is 0 Å². The molecule has 0 fully saturated rings. The number of rotatable bonds is 8. The van der Waals surface area contributed by atoms with Gasteiger partial charge >= 0.3 is 0 Å². The van der Waals surface area contributed by atoms with Gasteiger partial charge in [0.2, 0.25) is 29.5 Å². The van der Waals surface area contributed by atoms with Crippen molar-refractivity contribution in [2.45, 2.75) is 76.0 Å². The highest BCUT2D eigenvalue weighted by Crippen LogP contribution is 2.09. The normalized spacial score (nSPS) is 21.0. The van der Waals surface area contributed by atoms with Crippen LogP contribution in [0.5, 0.6) is 0 Å². The van der Waals surface area contributed by atoms with E-state index >= 15 is 0 Å². The largest absolute Gasteiger partial charge is 0.370 e. The molecular formula is C29H48N12O5. The van der Waals surface area contributed by atoms with Crippen LogP contribution in [0.4, 0.5) is 0 Å². The maximum Gasteiger partial charge on any atom is 0.245 e. The van der Waals surface area contributed by atoms with Crippen molar-refractivity contribution in [2.75, 3.05) is 26.2 Å². The Labute approximate surface area is 268 Å². The number of carbonyl (C=O) groups is 5. The first-order valence-corrected chi connectivity index (χ1v) is 15.3. The van der Waals surface area contributed by atoms with Gasteiger partial charge in [-0.05, 0) is 62.6 Å². The van der Waals surface area contributed by atoms with Gasteiger partial charge in [-0.3, -0.25) is 29.0 Å². The molecule has 1 aliphatic rings. The topological polar surface area (TPSA) is 300 Å². The Bertz CT molecular complexity index is 1250. The third kappa shape index (κ3) is 14.7. The summed E-state index contributed by atoms with van der Waals surface area (Å²) in [7, 11) is 0. The first-order valence-electron chi connectivity index (χ1n) is 15.3. The minimum Gasteiger partial charge on any atom is -0.370 e. The summed E-state index contributed by atoms with van der Waals surface area (Å²) in [5.74, 6) is -2.78. The molecule has 0 saturated carbocycles. The van der Waals surface area contributed by atoms with Gasteiger partial charge in [0.05, 0.1) is 13.0 Å². The summed E-state index contributed by atoms with van der Waals surface area (Å²) >= 11 is 0. The van der Waals surface area contributed by atoms with Crippen molar-refractivity contribution < 1.29 is 24.0 Å². The number of hydrogen-bond acceptors (Lipinski definition) is 8. The maximum absolute atomic E-state index is 13.4. The van der Waals surface area contributed by atoms with Gasteiger partial charge in [-0.15, -0.1) is 0 Å². The third-order valence-corrected chi connectivity index (χ3v) is 7.02. The minimum absolute atomic E-state index is 0.0590. The molecule has 17 nitrogen and oxygen atoms in total. The third-order valence-electron chi connectivity index (χ3n) is 7.02. The van der Waals surface area contributed by atoms with Crippen molar-refractivity contribution in [1.82, 2.24) is 26.6 Å². The summed E-state index contributed by atoms with van der Waals surface area (Å²) in [5.41, 5.74) is 28.9. The number of nitrogens with zero attached hydrogens (tertiary/aromatic N) is 2. The van der Waals surface area contributed by atoms with Crippen LogP contribution in [0.25, 0.3) is 0 Å². The van der Waals surface area contributed by atoms with E-state index in [1.165, 1.54) is 0 Å². The number of fused-ring (bicyclic) bond motifs is 2. The van der Waals surface area contributed by atoms with Gasteiger partial charge in [-0.25, -0.2) is 4.99 Å². The molecule has 1 heterocycles. The average molecular weight is 645 g/mol. The van der Waals surface area contributed by atoms with Crippen molar-refractivity contribution in [3.63, 3.8) is 0 Å². The second-order valence-electron chi connectivity index (χ2n) is 10.9. The lowest BCUT2D eigenvalue weighted by atomic mass is 10.1. The van der Waals surface area contributed by atoms with Crippen molar-refractivity contribution in [2.24, 2.45) is 38.7 Å². The first kappa shape index (κ1) is 37.3. The van der Waals surface area contributed by atoms with Crippen molar-refractivity contribution >= 4 is 41.5 Å². The smallest absolute Gasteiger partial charge is 0.245 e. The number of nitrogens with two attached hydrogens (primary N) is 5. The molecule has 1 aromatic carbocycles. The summed E-state index contributed by atoms with van der Waals surface area (Å²) < 4.78 is 0. The summed E-state index contributed by atoms with van der Waals surface area (Å²) in [6.45, 7) is 0.607. The summed E-state index contributed by atoms with van der Waals surface area (Å²) in [5, 5.41) is 13.6. The van der Waals surface area contributed by atoms with Crippen molar-refractivity contribution in [3.05, 3.63) is 35.4 Å². The molecule has 1 aromatic rings. The lowest BCUT2D eigenvalue weighted by Crippen LogP contribution is -2.54. The van der Waals surface area contributed by atoms with E-state index in [4.69, 9.17) is 28.7 Å². The maximum atomic E-state index is 13.4. The first-order chi connectivity index (χ1) is 22.0. The molecule has 15 N–H and O–H groups in total. The molecule has 0 aliphatic carbocycles. The van der Waals surface area contributed by atoms with Crippen LogP contribution in [0.3, 0.4) is 0 Å². The summed E-state index contributed by atoms with van der Waals surface area (Å²) in [6, 6.07) is 4.17. The number of aliphatic imine (C=N–C) groups is 2. The average Bonchev–Trinajstić information content (AvgIpc) is 3.00. The van der Waals surface area contributed by atoms with Gasteiger partial charge in [-0.1, -0.05) is 24.3 Å². The number of nitrogens with one attached hydrogen (secondary N) is 5. The fourth-order valence-corrected chi connectivity index (χ4v) is 4.69. The lowest BCUT2D eigenvalue weighted by molar-refractivity contribution is -0.132. The number of guanidine groups is 2. The Morgan fingerprint density at radius 2 is 1.50 bits per heavy atom. The Morgan fingerprint density at radius 3 is 2.22 bits per heavy atom. The summed E-state index contributed by atoms with van der Waals surface area (Å²) in [4.78, 5) is 72.7. The fraction of sp³-hybridized carbons (Fsp3) is 0.552. The SMILES string of the molecule is NCCCC[C@@H]1NC(=O)[C@H](CCN=C(N)N)NC(=O)Cc2cccc(c2)CNC(=O)CNC(=O)[C@H](N=C(N)N)CCCCNC1=O. The van der Waals surface area contributed by atoms with Crippen LogP contribution < -0.4 is 55.3 Å². The molecule has 0 aromatic heterocycles. The zero-order chi connectivity index (χ0) is 33.9. The van der Waals surface area contributed by atoms with Gasteiger partial charge in [0, 0.05) is 19.6 Å². The van der Waals surface area contributed by atoms with E-state index in [2.05, 4.69) is 36.6 Å². The van der Waals surface area contributed by atoms with E-state index in [1.807, 2.05) is 0 Å². The highest BCUT2D eigenvalue weighted by molar-refractivity contribution is 5.92. The molecule has 2 rings (SSSR count). The van der Waals surface area contributed by atoms with Gasteiger partial charge in [0.1, 0.15) is 18.1 Å². The van der Waals surface area contributed by atoms with Gasteiger partial charge < -0.3 is 55.3 Å². The second-order valence-corrected chi connectivity index (χ2v) is 10.9. The van der Waals surface area contributed by atoms with E-state index in [-0.39, 0.29) is 57.4 Å². The number of hydrogen-bond donors (Lipinski definition) is 10. The summed E-state index contributed by atoms with van der Waals surface area (Å²) in [6.07, 6.45) is 2.81. The Balaban J connectivity index is 2.30. The van der Waals surface area contributed by atoms with Crippen molar-refractivity contribution in [3.8, 4) is 0 Å². The number of benzene rings is 1. The molecule has 3 atom stereocenters. The zero-order valence-corrected chi connectivity index (χ0v) is 26.1. The zero-order valence-electron chi connectivity index (χ0n) is 26.1. The van der Waals surface area contributed by atoms with Crippen LogP contribution in [-0.4, -0.2) is 85.8 Å². The molecule has 0 spiro atoms. The molecule has 17 heteroatoms. The molecule has 0 saturated heterocycles. The van der Waals surface area contributed by atoms with Crippen LogP contribution in [0, 0.1) is 0 Å². The molecule has 0 unspecified atom stereocenters. The predicted molar refractivity (Wildman–Crippen MR) is 174 cm³/mol. The Morgan fingerprint density at radius 1 is 0.761 bits per heavy atom. The van der Waals surface area contributed by atoms with Crippen LogP contribution in [0.1, 0.15) is 56.1 Å². The van der Waals surface area contributed by atoms with Crippen LogP contribution >= 0.6 is 0 Å². The van der Waals surface area contributed by atoms with Crippen molar-refractivity contribution in [1.29, 1.82) is 0 Å². The fourth-order valence-electron chi connectivity index (χ4n) is 4.69. The van der Waals surface area contributed by atoms with Gasteiger partial charge in [-0.2, -0.15) is 0 Å². The van der Waals surface area contributed by atoms with Gasteiger partial charge in [0.15, 0.2) is 11.9 Å². The highest BCUT2D eigenvalue weighted by Gasteiger charge is 2.27. The molecule has 5 amide bonds. The predicted octanol–water partition coefficient (Wildman–Crippen LogP) is -3.33. The molecule has 1 aliphatic heterocycles. The minimum atomic E-state index is -1.03. The van der Waals surface area contributed by atoms with E-state index in [0.717, 1.165) is 5.56 Å². The van der Waals surface area contributed by atoms with E-state index in [0.29, 0.717) is 44.2 Å². The number of carbonyl (C=O) groups excluding carboxylic acids is 5. The van der Waals surface area contributed by atoms with E-state index in [1.54, 1.807) is 24.3 Å². The molecular weight excluding hydrogens is 596 g/mol. The highest BCUT2D eigenvalue weighted by atomic mass is 16.2. The number of amides is 5. The molecule has 254 valence electrons. The second kappa shape index (κ2) is 20.2. The van der Waals surface area contributed by atoms with Crippen LogP contribution in [0.15, 0.2) is 34.3 Å². The van der Waals surface area contributed by atoms with E-state index < -0.39 is 47.7 Å². The lowest BCUT2D eigenvalue weighted by Gasteiger charge is -2.23. The van der Waals surface area contributed by atoms with Gasteiger partial charge in [0.25, 0.3) is 0 Å². The van der Waals surface area contributed by atoms with E-state index in [9.17, 15) is 24.0 Å². The monoisotopic (exact) mass is 644 g/mol. The Kier molecular flexibility index (Phi) is 16.3. The molecule has 46 heavy (non-hydrogen) atoms. The molecule has 0 radical (unpaired) electrons. The quantitative estimate of drug-likeness (QED) is 0.0762. The molecule has 2 bridgehead atoms. The van der Waals surface area contributed by atoms with Crippen LogP contribution in [-0.2, 0) is 36.9 Å². The Hall–Kier alpha value is -4.93. The standard InChI is InChI=1S/C29H48N12O5/c30-11-3-1-8-20-25(44)35-12-4-2-9-21(41-29(33)34)26(45)38-17-24(43)37-16-19-7-5-6-18(14-19)15-23(42)39-22(27(46)40-20)10-13-36-28(31)32/h5-7,14,20-22H,1-4,8-13,15-17,30H2,(H,35,44)(H,37,43)(H,38,45)(H,39,42)(H,40,46)(H4,31,32,36)(H4,33,34,41)/t20-,21+,22-/m0/s1.